The molecule has 0 spiro atoms. The van der Waals surface area contributed by atoms with Gasteiger partial charge in [-0.1, -0.05) is 54.1 Å². The van der Waals surface area contributed by atoms with Gasteiger partial charge in [0, 0.05) is 11.6 Å². The molecule has 0 aliphatic heterocycles. The predicted molar refractivity (Wildman–Crippen MR) is 104 cm³/mol. The maximum Gasteiger partial charge on any atom is 0.126 e. The Morgan fingerprint density at radius 3 is 2.27 bits per heavy atom. The van der Waals surface area contributed by atoms with Crippen LogP contribution in [0.3, 0.4) is 0 Å². The minimum atomic E-state index is -0.142. The van der Waals surface area contributed by atoms with Crippen molar-refractivity contribution in [1.82, 2.24) is 5.32 Å². The normalized spacial score (nSPS) is 10.7. The molecule has 0 saturated carbocycles. The Hall–Kier alpha value is -2.36. The van der Waals surface area contributed by atoms with Crippen LogP contribution in [0.2, 0.25) is 5.02 Å². The van der Waals surface area contributed by atoms with Crippen molar-refractivity contribution in [2.45, 2.75) is 19.6 Å². The minimum Gasteiger partial charge on any atom is -0.489 e. The van der Waals surface area contributed by atoms with Gasteiger partial charge in [-0.3, -0.25) is 0 Å². The van der Waals surface area contributed by atoms with Gasteiger partial charge in [0.1, 0.15) is 18.2 Å². The van der Waals surface area contributed by atoms with Crippen LogP contribution in [-0.2, 0) is 19.6 Å². The highest BCUT2D eigenvalue weighted by atomic mass is 35.5. The highest BCUT2D eigenvalue weighted by molar-refractivity contribution is 6.30. The lowest BCUT2D eigenvalue weighted by Gasteiger charge is -2.09. The summed E-state index contributed by atoms with van der Waals surface area (Å²) in [6.45, 7) is 1.99. The fraction of sp³-hybridized carbons (Fsp3) is 0.182. The van der Waals surface area contributed by atoms with Crippen molar-refractivity contribution in [2.75, 3.05) is 6.54 Å². The number of nitrogens with one attached hydrogen (secondary N) is 1. The van der Waals surface area contributed by atoms with Gasteiger partial charge in [-0.15, -0.1) is 0 Å². The van der Waals surface area contributed by atoms with Crippen molar-refractivity contribution in [3.05, 3.63) is 100 Å². The van der Waals surface area contributed by atoms with Crippen LogP contribution in [0, 0.1) is 5.82 Å². The summed E-state index contributed by atoms with van der Waals surface area (Å²) in [5, 5.41) is 4.06. The summed E-state index contributed by atoms with van der Waals surface area (Å²) in [7, 11) is 0. The molecule has 0 saturated heterocycles. The van der Waals surface area contributed by atoms with Crippen LogP contribution in [0.15, 0.2) is 72.8 Å². The SMILES string of the molecule is Fc1ccccc1CCNCc1ccc(OCc2ccc(Cl)cc2)cc1. The molecule has 0 amide bonds. The third kappa shape index (κ3) is 5.58. The van der Waals surface area contributed by atoms with Gasteiger partial charge >= 0.3 is 0 Å². The lowest BCUT2D eigenvalue weighted by Crippen LogP contribution is -2.17. The van der Waals surface area contributed by atoms with E-state index in [2.05, 4.69) is 5.32 Å². The molecular weight excluding hydrogens is 349 g/mol. The molecule has 0 radical (unpaired) electrons. The molecule has 0 unspecified atom stereocenters. The summed E-state index contributed by atoms with van der Waals surface area (Å²) in [5.41, 5.74) is 2.98. The fourth-order valence-electron chi connectivity index (χ4n) is 2.61. The van der Waals surface area contributed by atoms with Crippen molar-refractivity contribution < 1.29 is 9.13 Å². The third-order valence-electron chi connectivity index (χ3n) is 4.10. The fourth-order valence-corrected chi connectivity index (χ4v) is 2.73. The van der Waals surface area contributed by atoms with Crippen LogP contribution in [0.5, 0.6) is 5.75 Å². The van der Waals surface area contributed by atoms with Gasteiger partial charge in [0.2, 0.25) is 0 Å². The van der Waals surface area contributed by atoms with Crippen molar-refractivity contribution in [3.63, 3.8) is 0 Å². The molecule has 26 heavy (non-hydrogen) atoms. The zero-order valence-electron chi connectivity index (χ0n) is 14.4. The van der Waals surface area contributed by atoms with Crippen molar-refractivity contribution in [1.29, 1.82) is 0 Å². The van der Waals surface area contributed by atoms with Crippen molar-refractivity contribution in [3.8, 4) is 5.75 Å². The van der Waals surface area contributed by atoms with E-state index >= 15 is 0 Å². The van der Waals surface area contributed by atoms with Crippen molar-refractivity contribution in [2.24, 2.45) is 0 Å². The van der Waals surface area contributed by atoms with Gasteiger partial charge in [0.05, 0.1) is 0 Å². The predicted octanol–water partition coefficient (Wildman–Crippen LogP) is 5.39. The molecule has 0 atom stereocenters. The minimum absolute atomic E-state index is 0.142. The molecule has 3 aromatic carbocycles. The van der Waals surface area contributed by atoms with Gasteiger partial charge in [-0.2, -0.15) is 0 Å². The lowest BCUT2D eigenvalue weighted by atomic mass is 10.1. The molecule has 3 aromatic rings. The van der Waals surface area contributed by atoms with E-state index < -0.39 is 0 Å². The number of benzene rings is 3. The van der Waals surface area contributed by atoms with E-state index in [0.29, 0.717) is 13.0 Å². The first-order valence-corrected chi connectivity index (χ1v) is 8.99. The average molecular weight is 370 g/mol. The molecule has 0 bridgehead atoms. The maximum atomic E-state index is 13.6. The van der Waals surface area contributed by atoms with Gasteiger partial charge in [0.25, 0.3) is 0 Å². The Balaban J connectivity index is 1.41. The number of rotatable bonds is 8. The Labute approximate surface area is 158 Å². The monoisotopic (exact) mass is 369 g/mol. The summed E-state index contributed by atoms with van der Waals surface area (Å²) in [6, 6.07) is 22.5. The van der Waals surface area contributed by atoms with Gasteiger partial charge in [-0.05, 0) is 60.0 Å². The van der Waals surface area contributed by atoms with Crippen LogP contribution in [-0.4, -0.2) is 6.54 Å². The lowest BCUT2D eigenvalue weighted by molar-refractivity contribution is 0.306. The number of halogens is 2. The van der Waals surface area contributed by atoms with Gasteiger partial charge in [-0.25, -0.2) is 4.39 Å². The highest BCUT2D eigenvalue weighted by Gasteiger charge is 2.01. The molecular formula is C22H21ClFNO. The smallest absolute Gasteiger partial charge is 0.126 e. The average Bonchev–Trinajstić information content (AvgIpc) is 2.67. The summed E-state index contributed by atoms with van der Waals surface area (Å²) >= 11 is 5.88. The van der Waals surface area contributed by atoms with Crippen LogP contribution < -0.4 is 10.1 Å². The van der Waals surface area contributed by atoms with E-state index in [0.717, 1.165) is 40.6 Å². The van der Waals surface area contributed by atoms with Crippen LogP contribution in [0.25, 0.3) is 0 Å². The van der Waals surface area contributed by atoms with E-state index in [1.165, 1.54) is 6.07 Å². The quantitative estimate of drug-likeness (QED) is 0.537. The van der Waals surface area contributed by atoms with E-state index in [4.69, 9.17) is 16.3 Å². The van der Waals surface area contributed by atoms with Gasteiger partial charge in [0.15, 0.2) is 0 Å². The topological polar surface area (TPSA) is 21.3 Å². The van der Waals surface area contributed by atoms with E-state index in [-0.39, 0.29) is 5.82 Å². The second kappa shape index (κ2) is 9.37. The molecule has 134 valence electrons. The van der Waals surface area contributed by atoms with Crippen molar-refractivity contribution >= 4 is 11.6 Å². The van der Waals surface area contributed by atoms with Crippen LogP contribution >= 0.6 is 11.6 Å². The summed E-state index contributed by atoms with van der Waals surface area (Å²) in [5.74, 6) is 0.687. The number of ether oxygens (including phenoxy) is 1. The van der Waals surface area contributed by atoms with E-state index in [1.54, 1.807) is 6.07 Å². The molecule has 2 nitrogen and oxygen atoms in total. The second-order valence-corrected chi connectivity index (χ2v) is 6.51. The molecule has 0 aromatic heterocycles. The second-order valence-electron chi connectivity index (χ2n) is 6.08. The first-order chi connectivity index (χ1) is 12.7. The molecule has 0 heterocycles. The van der Waals surface area contributed by atoms with E-state index in [9.17, 15) is 4.39 Å². The molecule has 0 aliphatic rings. The zero-order chi connectivity index (χ0) is 18.2. The van der Waals surface area contributed by atoms with Crippen LogP contribution in [0.4, 0.5) is 4.39 Å². The number of hydrogen-bond donors (Lipinski definition) is 1. The summed E-state index contributed by atoms with van der Waals surface area (Å²) in [4.78, 5) is 0. The highest BCUT2D eigenvalue weighted by Crippen LogP contribution is 2.16. The molecule has 0 aliphatic carbocycles. The third-order valence-corrected chi connectivity index (χ3v) is 4.35. The standard InChI is InChI=1S/C22H21ClFNO/c23-20-9-5-18(6-10-20)16-26-21-11-7-17(8-12-21)15-25-14-13-19-3-1-2-4-22(19)24/h1-12,25H,13-16H2. The first kappa shape index (κ1) is 18.4. The number of hydrogen-bond acceptors (Lipinski definition) is 2. The Kier molecular flexibility index (Phi) is 6.64. The Bertz CT molecular complexity index is 818. The molecule has 3 rings (SSSR count). The Morgan fingerprint density at radius 2 is 1.54 bits per heavy atom. The Morgan fingerprint density at radius 1 is 0.846 bits per heavy atom. The maximum absolute atomic E-state index is 13.6. The zero-order valence-corrected chi connectivity index (χ0v) is 15.2. The molecule has 1 N–H and O–H groups in total. The van der Waals surface area contributed by atoms with E-state index in [1.807, 2.05) is 60.7 Å². The van der Waals surface area contributed by atoms with Gasteiger partial charge < -0.3 is 10.1 Å². The largest absolute Gasteiger partial charge is 0.489 e. The molecule has 0 fully saturated rings. The van der Waals surface area contributed by atoms with Crippen LogP contribution in [0.1, 0.15) is 16.7 Å². The first-order valence-electron chi connectivity index (χ1n) is 8.61. The summed E-state index contributed by atoms with van der Waals surface area (Å²) in [6.07, 6.45) is 0.676. The summed E-state index contributed by atoms with van der Waals surface area (Å²) < 4.78 is 19.3. The molecule has 4 heteroatoms.